The normalized spacial score (nSPS) is 12.7. The maximum absolute atomic E-state index is 14.4. The van der Waals surface area contributed by atoms with Crippen LogP contribution in [0.4, 0.5) is 4.39 Å². The number of hydrogen-bond acceptors (Lipinski definition) is 4. The predicted octanol–water partition coefficient (Wildman–Crippen LogP) is 3.64. The molecule has 1 aliphatic rings. The molecule has 118 valence electrons. The number of ether oxygens (including phenoxy) is 1. The Morgan fingerprint density at radius 1 is 1.04 bits per heavy atom. The van der Waals surface area contributed by atoms with E-state index in [1.807, 2.05) is 18.2 Å². The Morgan fingerprint density at radius 3 is 2.75 bits per heavy atom. The van der Waals surface area contributed by atoms with Crippen LogP contribution in [-0.2, 0) is 6.54 Å². The van der Waals surface area contributed by atoms with Crippen molar-refractivity contribution >= 4 is 5.71 Å². The first-order valence-corrected chi connectivity index (χ1v) is 7.55. The van der Waals surface area contributed by atoms with Crippen LogP contribution in [0.15, 0.2) is 60.0 Å². The van der Waals surface area contributed by atoms with Gasteiger partial charge < -0.3 is 4.74 Å². The number of methoxy groups -OCH3 is 1. The molecule has 0 spiro atoms. The van der Waals surface area contributed by atoms with Gasteiger partial charge in [-0.1, -0.05) is 12.1 Å². The molecule has 0 saturated heterocycles. The molecule has 4 rings (SSSR count). The zero-order chi connectivity index (χ0) is 16.5. The second-order valence-corrected chi connectivity index (χ2v) is 5.45. The SMILES string of the molecule is COc1ccc2c(c1)C(c1ccccc1F)=NCc1cncnc1-2. The van der Waals surface area contributed by atoms with Crippen molar-refractivity contribution in [1.29, 1.82) is 0 Å². The molecular weight excluding hydrogens is 305 g/mol. The molecular formula is C19H14FN3O. The Labute approximate surface area is 138 Å². The van der Waals surface area contributed by atoms with E-state index in [4.69, 9.17) is 4.74 Å². The minimum atomic E-state index is -0.304. The third-order valence-corrected chi connectivity index (χ3v) is 4.06. The maximum Gasteiger partial charge on any atom is 0.132 e. The molecule has 4 nitrogen and oxygen atoms in total. The van der Waals surface area contributed by atoms with Crippen molar-refractivity contribution in [3.8, 4) is 17.0 Å². The van der Waals surface area contributed by atoms with Crippen LogP contribution in [0, 0.1) is 5.82 Å². The summed E-state index contributed by atoms with van der Waals surface area (Å²) in [6.07, 6.45) is 3.27. The quantitative estimate of drug-likeness (QED) is 0.724. The van der Waals surface area contributed by atoms with Crippen molar-refractivity contribution < 1.29 is 9.13 Å². The van der Waals surface area contributed by atoms with Crippen LogP contribution in [0.5, 0.6) is 5.75 Å². The monoisotopic (exact) mass is 319 g/mol. The van der Waals surface area contributed by atoms with Gasteiger partial charge in [-0.25, -0.2) is 14.4 Å². The van der Waals surface area contributed by atoms with Gasteiger partial charge in [0.1, 0.15) is 17.9 Å². The third-order valence-electron chi connectivity index (χ3n) is 4.06. The Hall–Kier alpha value is -3.08. The van der Waals surface area contributed by atoms with E-state index in [1.165, 1.54) is 12.4 Å². The number of fused-ring (bicyclic) bond motifs is 3. The molecule has 0 fully saturated rings. The van der Waals surface area contributed by atoms with E-state index in [-0.39, 0.29) is 5.82 Å². The standard InChI is InChI=1S/C19H14FN3O/c1-24-13-6-7-14-16(8-13)19(15-4-2-3-5-17(15)20)22-10-12-9-21-11-23-18(12)14/h2-9,11H,10H2,1H3. The first kappa shape index (κ1) is 14.5. The molecule has 0 N–H and O–H groups in total. The summed E-state index contributed by atoms with van der Waals surface area (Å²) < 4.78 is 19.7. The van der Waals surface area contributed by atoms with E-state index in [1.54, 1.807) is 31.5 Å². The molecule has 1 aromatic heterocycles. The highest BCUT2D eigenvalue weighted by Gasteiger charge is 2.22. The predicted molar refractivity (Wildman–Crippen MR) is 89.8 cm³/mol. The molecule has 0 amide bonds. The lowest BCUT2D eigenvalue weighted by Gasteiger charge is -2.12. The Bertz CT molecular complexity index is 953. The fraction of sp³-hybridized carbons (Fsp3) is 0.105. The highest BCUT2D eigenvalue weighted by Crippen LogP contribution is 2.33. The van der Waals surface area contributed by atoms with E-state index >= 15 is 0 Å². The summed E-state index contributed by atoms with van der Waals surface area (Å²) in [5.41, 5.74) is 4.49. The number of benzene rings is 2. The van der Waals surface area contributed by atoms with Gasteiger partial charge >= 0.3 is 0 Å². The Morgan fingerprint density at radius 2 is 1.92 bits per heavy atom. The summed E-state index contributed by atoms with van der Waals surface area (Å²) in [6.45, 7) is 0.400. The van der Waals surface area contributed by atoms with E-state index < -0.39 is 0 Å². The van der Waals surface area contributed by atoms with Gasteiger partial charge in [-0.05, 0) is 30.3 Å². The van der Waals surface area contributed by atoms with Crippen molar-refractivity contribution in [2.24, 2.45) is 4.99 Å². The topological polar surface area (TPSA) is 47.4 Å². The molecule has 0 radical (unpaired) electrons. The lowest BCUT2D eigenvalue weighted by molar-refractivity contribution is 0.415. The van der Waals surface area contributed by atoms with Crippen molar-refractivity contribution in [1.82, 2.24) is 9.97 Å². The second-order valence-electron chi connectivity index (χ2n) is 5.45. The molecule has 0 bridgehead atoms. The summed E-state index contributed by atoms with van der Waals surface area (Å²) in [5, 5.41) is 0. The van der Waals surface area contributed by atoms with E-state index in [2.05, 4.69) is 15.0 Å². The van der Waals surface area contributed by atoms with Crippen LogP contribution in [0.1, 0.15) is 16.7 Å². The molecule has 0 aliphatic carbocycles. The van der Waals surface area contributed by atoms with Gasteiger partial charge in [-0.3, -0.25) is 4.99 Å². The van der Waals surface area contributed by atoms with Crippen molar-refractivity contribution in [3.63, 3.8) is 0 Å². The third kappa shape index (κ3) is 2.34. The number of nitrogens with zero attached hydrogens (tertiary/aromatic N) is 3. The van der Waals surface area contributed by atoms with Gasteiger partial charge in [0.05, 0.1) is 25.1 Å². The molecule has 24 heavy (non-hydrogen) atoms. The first-order valence-electron chi connectivity index (χ1n) is 7.55. The number of aliphatic imine (C=N–C) groups is 1. The van der Waals surface area contributed by atoms with Crippen LogP contribution in [-0.4, -0.2) is 22.8 Å². The number of rotatable bonds is 2. The summed E-state index contributed by atoms with van der Waals surface area (Å²) >= 11 is 0. The molecule has 0 atom stereocenters. The van der Waals surface area contributed by atoms with E-state index in [0.29, 0.717) is 23.6 Å². The number of halogens is 1. The zero-order valence-corrected chi connectivity index (χ0v) is 13.0. The van der Waals surface area contributed by atoms with Gasteiger partial charge in [-0.2, -0.15) is 0 Å². The van der Waals surface area contributed by atoms with Crippen LogP contribution in [0.25, 0.3) is 11.3 Å². The molecule has 2 aromatic carbocycles. The van der Waals surface area contributed by atoms with Crippen molar-refractivity contribution in [2.45, 2.75) is 6.54 Å². The van der Waals surface area contributed by atoms with Gasteiger partial charge in [0.25, 0.3) is 0 Å². The molecule has 0 saturated carbocycles. The van der Waals surface area contributed by atoms with Crippen LogP contribution >= 0.6 is 0 Å². The molecule has 2 heterocycles. The van der Waals surface area contributed by atoms with Gasteiger partial charge in [-0.15, -0.1) is 0 Å². The smallest absolute Gasteiger partial charge is 0.132 e. The minimum absolute atomic E-state index is 0.304. The van der Waals surface area contributed by atoms with Gasteiger partial charge in [0.15, 0.2) is 0 Å². The van der Waals surface area contributed by atoms with Crippen LogP contribution < -0.4 is 4.74 Å². The molecule has 5 heteroatoms. The van der Waals surface area contributed by atoms with Crippen LogP contribution in [0.3, 0.4) is 0 Å². The summed E-state index contributed by atoms with van der Waals surface area (Å²) in [7, 11) is 1.61. The van der Waals surface area contributed by atoms with Gasteiger partial charge in [0, 0.05) is 28.5 Å². The highest BCUT2D eigenvalue weighted by molar-refractivity contribution is 6.17. The fourth-order valence-corrected chi connectivity index (χ4v) is 2.90. The summed E-state index contributed by atoms with van der Waals surface area (Å²) in [6, 6.07) is 12.3. The van der Waals surface area contributed by atoms with Crippen molar-refractivity contribution in [2.75, 3.05) is 7.11 Å². The summed E-state index contributed by atoms with van der Waals surface area (Å²) in [4.78, 5) is 13.1. The lowest BCUT2D eigenvalue weighted by atomic mass is 9.95. The molecule has 3 aromatic rings. The largest absolute Gasteiger partial charge is 0.497 e. The first-order chi connectivity index (χ1) is 11.8. The lowest BCUT2D eigenvalue weighted by Crippen LogP contribution is -2.07. The van der Waals surface area contributed by atoms with Crippen LogP contribution in [0.2, 0.25) is 0 Å². The Balaban J connectivity index is 2.01. The zero-order valence-electron chi connectivity index (χ0n) is 13.0. The number of hydrogen-bond donors (Lipinski definition) is 0. The maximum atomic E-state index is 14.4. The van der Waals surface area contributed by atoms with Gasteiger partial charge in [0.2, 0.25) is 0 Å². The molecule has 0 unspecified atom stereocenters. The fourth-order valence-electron chi connectivity index (χ4n) is 2.90. The highest BCUT2D eigenvalue weighted by atomic mass is 19.1. The summed E-state index contributed by atoms with van der Waals surface area (Å²) in [5.74, 6) is 0.386. The molecule has 1 aliphatic heterocycles. The average molecular weight is 319 g/mol. The number of aromatic nitrogens is 2. The van der Waals surface area contributed by atoms with E-state index in [0.717, 1.165) is 22.4 Å². The second kappa shape index (κ2) is 5.85. The average Bonchev–Trinajstić information content (AvgIpc) is 2.79. The Kier molecular flexibility index (Phi) is 3.54. The van der Waals surface area contributed by atoms with Crippen molar-refractivity contribution in [3.05, 3.63) is 77.5 Å². The minimum Gasteiger partial charge on any atom is -0.497 e. The van der Waals surface area contributed by atoms with E-state index in [9.17, 15) is 4.39 Å².